The van der Waals surface area contributed by atoms with E-state index in [0.29, 0.717) is 21.9 Å². The van der Waals surface area contributed by atoms with Gasteiger partial charge >= 0.3 is 0 Å². The summed E-state index contributed by atoms with van der Waals surface area (Å²) in [6.45, 7) is 0. The third kappa shape index (κ3) is 4.33. The maximum absolute atomic E-state index is 9.65. The average Bonchev–Trinajstić information content (AvgIpc) is 3.71. The minimum Gasteiger partial charge on any atom is -0.455 e. The van der Waals surface area contributed by atoms with Crippen LogP contribution in [0.5, 0.6) is 0 Å². The molecule has 228 valence electrons. The summed E-state index contributed by atoms with van der Waals surface area (Å²) < 4.78 is 160. The van der Waals surface area contributed by atoms with Gasteiger partial charge in [-0.3, -0.25) is 0 Å². The fourth-order valence-electron chi connectivity index (χ4n) is 6.80. The Bertz CT molecular complexity index is 3710. The van der Waals surface area contributed by atoms with E-state index in [-0.39, 0.29) is 11.1 Å². The molecule has 0 amide bonds. The molecule has 0 spiro atoms. The number of fused-ring (bicyclic) bond motifs is 6. The van der Waals surface area contributed by atoms with Gasteiger partial charge in [0.2, 0.25) is 0 Å². The Morgan fingerprint density at radius 3 is 1.59 bits per heavy atom. The molecule has 0 aliphatic carbocycles. The predicted octanol–water partition coefficient (Wildman–Crippen LogP) is 13.7. The lowest BCUT2D eigenvalue weighted by atomic mass is 9.85. The summed E-state index contributed by atoms with van der Waals surface area (Å²) in [5.41, 5.74) is 0.531. The third-order valence-electron chi connectivity index (χ3n) is 8.87. The van der Waals surface area contributed by atoms with Crippen molar-refractivity contribution in [1.29, 1.82) is 0 Å². The minimum absolute atomic E-state index is 0.147. The molecule has 0 bridgehead atoms. The Morgan fingerprint density at radius 2 is 0.878 bits per heavy atom. The van der Waals surface area contributed by atoms with Gasteiger partial charge in [0.15, 0.2) is 0 Å². The fourth-order valence-corrected chi connectivity index (χ4v) is 6.80. The maximum atomic E-state index is 9.65. The molecule has 1 heterocycles. The molecule has 0 radical (unpaired) electrons. The van der Waals surface area contributed by atoms with Gasteiger partial charge in [-0.2, -0.15) is 0 Å². The van der Waals surface area contributed by atoms with E-state index in [2.05, 4.69) is 0 Å². The van der Waals surface area contributed by atoms with Crippen LogP contribution in [-0.2, 0) is 0 Å². The van der Waals surface area contributed by atoms with Gasteiger partial charge in [-0.1, -0.05) is 176 Å². The van der Waals surface area contributed by atoms with Gasteiger partial charge in [-0.25, -0.2) is 0 Å². The van der Waals surface area contributed by atoms with Gasteiger partial charge in [-0.15, -0.1) is 0 Å². The highest BCUT2D eigenvalue weighted by molar-refractivity contribution is 6.22. The van der Waals surface area contributed by atoms with Crippen molar-refractivity contribution in [1.82, 2.24) is 0 Å². The normalized spacial score (nSPS) is 16.5. The number of benzene rings is 9. The molecule has 10 rings (SSSR count). The monoisotopic (exact) mass is 639 g/mol. The van der Waals surface area contributed by atoms with E-state index >= 15 is 0 Å². The number of para-hydroxylation sites is 1. The topological polar surface area (TPSA) is 13.1 Å². The van der Waals surface area contributed by atoms with Crippen LogP contribution in [-0.4, -0.2) is 0 Å². The summed E-state index contributed by atoms with van der Waals surface area (Å²) in [4.78, 5) is 0. The zero-order valence-corrected chi connectivity index (χ0v) is 25.4. The van der Waals surface area contributed by atoms with Crippen LogP contribution in [0.1, 0.15) is 23.3 Å². The van der Waals surface area contributed by atoms with Crippen molar-refractivity contribution in [2.75, 3.05) is 0 Å². The van der Waals surface area contributed by atoms with Crippen LogP contribution >= 0.6 is 0 Å². The first-order valence-electron chi connectivity index (χ1n) is 24.0. The van der Waals surface area contributed by atoms with E-state index in [1.54, 1.807) is 18.2 Å². The van der Waals surface area contributed by atoms with Crippen molar-refractivity contribution < 1.29 is 27.7 Å². The Hall–Kier alpha value is -6.44. The first-order valence-corrected chi connectivity index (χ1v) is 15.5. The van der Waals surface area contributed by atoms with E-state index in [9.17, 15) is 11.0 Å². The van der Waals surface area contributed by atoms with Crippen molar-refractivity contribution in [2.24, 2.45) is 0 Å². The van der Waals surface area contributed by atoms with E-state index in [0.717, 1.165) is 21.9 Å². The molecule has 1 aromatic heterocycles. The quantitative estimate of drug-likeness (QED) is 0.175. The third-order valence-corrected chi connectivity index (χ3v) is 8.87. The Labute approximate surface area is 308 Å². The highest BCUT2D eigenvalue weighted by Crippen LogP contribution is 2.45. The van der Waals surface area contributed by atoms with Gasteiger partial charge in [0.1, 0.15) is 11.2 Å². The molecule has 0 aliphatic rings. The van der Waals surface area contributed by atoms with Crippen molar-refractivity contribution in [3.8, 4) is 44.5 Å². The van der Waals surface area contributed by atoms with Crippen LogP contribution in [0.25, 0.3) is 98.8 Å². The van der Waals surface area contributed by atoms with Crippen molar-refractivity contribution >= 4 is 54.3 Å². The van der Waals surface area contributed by atoms with Crippen LogP contribution in [0.3, 0.4) is 0 Å². The van der Waals surface area contributed by atoms with E-state index in [1.165, 1.54) is 0 Å². The molecule has 0 aliphatic heterocycles. The van der Waals surface area contributed by atoms with Gasteiger partial charge in [-0.05, 0) is 77.3 Å². The molecular weight excluding hydrogens is 593 g/mol. The number of hydrogen-bond donors (Lipinski definition) is 0. The second-order valence-electron chi connectivity index (χ2n) is 11.5. The van der Waals surface area contributed by atoms with Gasteiger partial charge in [0.05, 0.1) is 23.3 Å². The maximum Gasteiger partial charge on any atom is 0.143 e. The van der Waals surface area contributed by atoms with E-state index in [1.807, 2.05) is 60.7 Å². The lowest BCUT2D eigenvalue weighted by molar-refractivity contribution is 0.670. The zero-order valence-electron chi connectivity index (χ0n) is 42.4. The summed E-state index contributed by atoms with van der Waals surface area (Å²) in [6, 6.07) is 11.3. The molecule has 0 saturated heterocycles. The zero-order chi connectivity index (χ0) is 47.1. The first kappa shape index (κ1) is 15.6. The molecule has 49 heavy (non-hydrogen) atoms. The number of hydrogen-bond acceptors (Lipinski definition) is 1. The van der Waals surface area contributed by atoms with Crippen molar-refractivity contribution in [3.63, 3.8) is 0 Å². The average molecular weight is 640 g/mol. The van der Waals surface area contributed by atoms with Crippen LogP contribution in [0.15, 0.2) is 186 Å². The Balaban J connectivity index is 1.35. The number of furan rings is 1. The molecule has 0 unspecified atom stereocenters. The van der Waals surface area contributed by atoms with Crippen LogP contribution in [0.2, 0.25) is 0 Å². The van der Waals surface area contributed by atoms with Crippen LogP contribution in [0, 0.1) is 0 Å². The van der Waals surface area contributed by atoms with Gasteiger partial charge in [0.25, 0.3) is 0 Å². The minimum atomic E-state index is -0.828. The van der Waals surface area contributed by atoms with Crippen molar-refractivity contribution in [3.05, 3.63) is 182 Å². The molecule has 10 aromatic rings. The Morgan fingerprint density at radius 1 is 0.367 bits per heavy atom. The summed E-state index contributed by atoms with van der Waals surface area (Å²) in [6.07, 6.45) is 0. The van der Waals surface area contributed by atoms with Crippen LogP contribution < -0.4 is 0 Å². The van der Waals surface area contributed by atoms with Crippen LogP contribution in [0.4, 0.5) is 0 Å². The van der Waals surface area contributed by atoms with Gasteiger partial charge in [0, 0.05) is 16.3 Å². The first-order chi connectivity index (χ1) is 31.4. The predicted molar refractivity (Wildman–Crippen MR) is 208 cm³/mol. The van der Waals surface area contributed by atoms with Gasteiger partial charge < -0.3 is 4.42 Å². The molecule has 0 saturated carbocycles. The van der Waals surface area contributed by atoms with E-state index in [4.69, 9.17) is 16.8 Å². The summed E-state index contributed by atoms with van der Waals surface area (Å²) >= 11 is 0. The SMILES string of the molecule is [2H]c1c([2H])c([2H])c(-c2c3c([2H])c([2H])c([2H])c([2H])c3c(-c3c([2H])c([2H])c(-c4cccc5oc6c(-c7cccc8ccccc78)cccc6c45)c([2H])c3[2H])c3c([2H])c([2H])c([2H])c([2H])c23)c([2H])c1[2H]. The largest absolute Gasteiger partial charge is 0.455 e. The van der Waals surface area contributed by atoms with Crippen molar-refractivity contribution in [2.45, 2.75) is 0 Å². The molecule has 0 N–H and O–H groups in total. The fraction of sp³-hybridized carbons (Fsp3) is 0. The molecule has 0 fully saturated rings. The summed E-state index contributed by atoms with van der Waals surface area (Å²) in [5.74, 6) is 0. The second-order valence-corrected chi connectivity index (χ2v) is 11.5. The highest BCUT2D eigenvalue weighted by Gasteiger charge is 2.19. The standard InChI is InChI=1S/C48H30O/c1-2-14-33(15-3-1)45-38-18-6-8-20-40(38)46(41-21-9-7-19-39(41)45)34-29-27-32(28-30-34)36-22-12-26-44-47(36)43-25-11-24-42(48(43)49-44)37-23-10-16-31-13-4-5-17-35(31)37/h1-30H/i1D,2D,3D,6D,7D,8D,9D,14D,15D,18D,19D,20D,21D,27D,28D,29D,30D. The second kappa shape index (κ2) is 11.1. The molecule has 0 atom stereocenters. The van der Waals surface area contributed by atoms with E-state index < -0.39 is 147 Å². The molecule has 9 aromatic carbocycles. The Kier molecular flexibility index (Phi) is 3.54. The lowest BCUT2D eigenvalue weighted by Crippen LogP contribution is -1.90. The molecule has 1 heteroatoms. The highest BCUT2D eigenvalue weighted by atomic mass is 16.3. The molecular formula is C48H30O. The number of rotatable bonds is 4. The smallest absolute Gasteiger partial charge is 0.143 e. The lowest BCUT2D eigenvalue weighted by Gasteiger charge is -2.18. The molecule has 1 nitrogen and oxygen atoms in total. The summed E-state index contributed by atoms with van der Waals surface area (Å²) in [5, 5.41) is 1.04. The summed E-state index contributed by atoms with van der Waals surface area (Å²) in [7, 11) is 0.